The maximum Gasteiger partial charge on any atom is 0.407 e. The van der Waals surface area contributed by atoms with Gasteiger partial charge in [-0.2, -0.15) is 5.10 Å². The average molecular weight is 334 g/mol. The molecule has 1 aliphatic rings. The molecule has 0 unspecified atom stereocenters. The lowest BCUT2D eigenvalue weighted by Crippen LogP contribution is -2.34. The van der Waals surface area contributed by atoms with E-state index in [2.05, 4.69) is 16.3 Å². The van der Waals surface area contributed by atoms with Gasteiger partial charge in [-0.05, 0) is 34.8 Å². The first kappa shape index (κ1) is 15.3. The molecule has 0 atom stereocenters. The maximum atomic E-state index is 11.2. The van der Waals surface area contributed by atoms with E-state index in [1.807, 2.05) is 42.5 Å². The summed E-state index contributed by atoms with van der Waals surface area (Å²) in [6.45, 7) is 0.984. The molecule has 3 aromatic rings. The van der Waals surface area contributed by atoms with Crippen LogP contribution in [-0.4, -0.2) is 39.4 Å². The van der Waals surface area contributed by atoms with Gasteiger partial charge in [-0.3, -0.25) is 5.10 Å². The molecule has 6 heteroatoms. The summed E-state index contributed by atoms with van der Waals surface area (Å²) in [7, 11) is 0. The molecule has 0 spiro atoms. The highest BCUT2D eigenvalue weighted by molar-refractivity contribution is 6.01. The number of aromatic nitrogens is 2. The molecule has 25 heavy (non-hydrogen) atoms. The van der Waals surface area contributed by atoms with Crippen molar-refractivity contribution in [2.75, 3.05) is 18.8 Å². The van der Waals surface area contributed by atoms with E-state index in [1.165, 1.54) is 4.90 Å². The number of carboxylic acid groups (broad SMARTS) is 1. The Balaban J connectivity index is 1.67. The zero-order valence-corrected chi connectivity index (χ0v) is 13.6. The van der Waals surface area contributed by atoms with Gasteiger partial charge < -0.3 is 15.7 Å². The minimum Gasteiger partial charge on any atom is -0.465 e. The normalized spacial score (nSPS) is 14.6. The summed E-state index contributed by atoms with van der Waals surface area (Å²) in [4.78, 5) is 12.6. The first-order chi connectivity index (χ1) is 12.1. The molecule has 0 saturated carbocycles. The summed E-state index contributed by atoms with van der Waals surface area (Å²) < 4.78 is 0. The molecule has 2 heterocycles. The predicted molar refractivity (Wildman–Crippen MR) is 98.1 cm³/mol. The number of nitrogens with one attached hydrogen (secondary N) is 1. The van der Waals surface area contributed by atoms with E-state index in [0.29, 0.717) is 18.9 Å². The lowest BCUT2D eigenvalue weighted by atomic mass is 9.96. The van der Waals surface area contributed by atoms with E-state index < -0.39 is 6.09 Å². The van der Waals surface area contributed by atoms with Crippen LogP contribution in [-0.2, 0) is 0 Å². The van der Waals surface area contributed by atoms with Crippen LogP contribution in [0, 0.1) is 0 Å². The number of anilines is 1. The summed E-state index contributed by atoms with van der Waals surface area (Å²) >= 11 is 0. The Hall–Kier alpha value is -3.28. The number of hydrogen-bond donors (Lipinski definition) is 3. The van der Waals surface area contributed by atoms with Gasteiger partial charge >= 0.3 is 6.09 Å². The molecule has 0 fully saturated rings. The molecule has 0 bridgehead atoms. The average Bonchev–Trinajstić information content (AvgIpc) is 3.03. The molecular formula is C19H18N4O2. The number of rotatable bonds is 2. The van der Waals surface area contributed by atoms with Crippen molar-refractivity contribution in [2.24, 2.45) is 0 Å². The quantitative estimate of drug-likeness (QED) is 0.667. The van der Waals surface area contributed by atoms with E-state index in [-0.39, 0.29) is 0 Å². The van der Waals surface area contributed by atoms with Crippen LogP contribution in [0.15, 0.2) is 48.5 Å². The topological polar surface area (TPSA) is 95.2 Å². The van der Waals surface area contributed by atoms with Crippen molar-refractivity contribution in [3.8, 4) is 11.1 Å². The van der Waals surface area contributed by atoms with E-state index in [1.54, 1.807) is 0 Å². The van der Waals surface area contributed by atoms with Crippen LogP contribution < -0.4 is 5.73 Å². The number of carbonyl (C=O) groups is 1. The van der Waals surface area contributed by atoms with Crippen LogP contribution in [0.4, 0.5) is 10.6 Å². The van der Waals surface area contributed by atoms with E-state index in [9.17, 15) is 9.90 Å². The van der Waals surface area contributed by atoms with Gasteiger partial charge in [0.2, 0.25) is 0 Å². The molecule has 0 radical (unpaired) electrons. The number of aromatic amines is 1. The Morgan fingerprint density at radius 1 is 1.16 bits per heavy atom. The molecular weight excluding hydrogens is 316 g/mol. The lowest BCUT2D eigenvalue weighted by molar-refractivity contribution is 0.150. The Morgan fingerprint density at radius 3 is 2.68 bits per heavy atom. The summed E-state index contributed by atoms with van der Waals surface area (Å²) in [6.07, 6.45) is 1.99. The third-order valence-electron chi connectivity index (χ3n) is 4.61. The van der Waals surface area contributed by atoms with Gasteiger partial charge in [0.25, 0.3) is 0 Å². The number of H-pyrrole nitrogens is 1. The van der Waals surface area contributed by atoms with Crippen LogP contribution in [0.25, 0.3) is 27.6 Å². The van der Waals surface area contributed by atoms with Crippen molar-refractivity contribution in [1.29, 1.82) is 0 Å². The zero-order valence-electron chi connectivity index (χ0n) is 13.6. The number of nitrogens with two attached hydrogens (primary N) is 1. The summed E-state index contributed by atoms with van der Waals surface area (Å²) in [5, 5.41) is 17.1. The van der Waals surface area contributed by atoms with E-state index in [4.69, 9.17) is 5.73 Å². The van der Waals surface area contributed by atoms with Gasteiger partial charge in [0.15, 0.2) is 5.82 Å². The second kappa shape index (κ2) is 5.98. The van der Waals surface area contributed by atoms with Gasteiger partial charge in [-0.15, -0.1) is 0 Å². The van der Waals surface area contributed by atoms with Crippen molar-refractivity contribution in [3.63, 3.8) is 0 Å². The lowest BCUT2D eigenvalue weighted by Gasteiger charge is -2.25. The Bertz CT molecular complexity index is 973. The van der Waals surface area contributed by atoms with Crippen molar-refractivity contribution in [3.05, 3.63) is 54.1 Å². The number of amides is 1. The molecule has 4 rings (SSSR count). The maximum absolute atomic E-state index is 11.2. The number of fused-ring (bicyclic) bond motifs is 1. The molecule has 126 valence electrons. The minimum atomic E-state index is -0.871. The van der Waals surface area contributed by atoms with Crippen molar-refractivity contribution >= 4 is 28.4 Å². The van der Waals surface area contributed by atoms with E-state index in [0.717, 1.165) is 39.6 Å². The first-order valence-electron chi connectivity index (χ1n) is 8.14. The number of benzene rings is 2. The smallest absolute Gasteiger partial charge is 0.407 e. The molecule has 4 N–H and O–H groups in total. The van der Waals surface area contributed by atoms with Crippen LogP contribution in [0.2, 0.25) is 0 Å². The largest absolute Gasteiger partial charge is 0.465 e. The van der Waals surface area contributed by atoms with Crippen LogP contribution in [0.3, 0.4) is 0 Å². The fourth-order valence-corrected chi connectivity index (χ4v) is 3.32. The van der Waals surface area contributed by atoms with E-state index >= 15 is 0 Å². The Kier molecular flexibility index (Phi) is 3.65. The number of nitrogens with zero attached hydrogens (tertiary/aromatic N) is 2. The van der Waals surface area contributed by atoms with Crippen molar-refractivity contribution < 1.29 is 9.90 Å². The Labute approximate surface area is 144 Å². The zero-order chi connectivity index (χ0) is 17.4. The fraction of sp³-hybridized carbons (Fsp3) is 0.158. The fourth-order valence-electron chi connectivity index (χ4n) is 3.32. The van der Waals surface area contributed by atoms with Gasteiger partial charge in [0, 0.05) is 13.1 Å². The first-order valence-corrected chi connectivity index (χ1v) is 8.14. The number of hydrogen-bond acceptors (Lipinski definition) is 3. The summed E-state index contributed by atoms with van der Waals surface area (Å²) in [5.74, 6) is 0.488. The number of nitrogen functional groups attached to an aromatic ring is 1. The Morgan fingerprint density at radius 2 is 1.92 bits per heavy atom. The highest BCUT2D eigenvalue weighted by atomic mass is 16.4. The molecule has 0 saturated heterocycles. The van der Waals surface area contributed by atoms with Crippen molar-refractivity contribution in [2.45, 2.75) is 6.42 Å². The van der Waals surface area contributed by atoms with Gasteiger partial charge in [0.1, 0.15) is 0 Å². The monoisotopic (exact) mass is 334 g/mol. The predicted octanol–water partition coefficient (Wildman–Crippen LogP) is 3.58. The van der Waals surface area contributed by atoms with Gasteiger partial charge in [0.05, 0.1) is 10.9 Å². The minimum absolute atomic E-state index is 0.430. The second-order valence-electron chi connectivity index (χ2n) is 6.14. The van der Waals surface area contributed by atoms with Crippen molar-refractivity contribution in [1.82, 2.24) is 15.1 Å². The highest BCUT2D eigenvalue weighted by Crippen LogP contribution is 2.32. The van der Waals surface area contributed by atoms with Gasteiger partial charge in [-0.25, -0.2) is 4.79 Å². The second-order valence-corrected chi connectivity index (χ2v) is 6.14. The standard InChI is InChI=1S/C19H18N4O2/c20-18-17-15(4-1-5-16(17)21-22-18)13-8-6-12(7-9-13)14-3-2-10-23(11-14)19(24)25/h1,3-9H,2,10-11H2,(H,24,25)(H3,20,21,22). The molecule has 1 amide bonds. The third kappa shape index (κ3) is 2.71. The van der Waals surface area contributed by atoms with Crippen LogP contribution in [0.1, 0.15) is 12.0 Å². The summed E-state index contributed by atoms with van der Waals surface area (Å²) in [6, 6.07) is 14.1. The molecule has 1 aliphatic heterocycles. The molecule has 6 nitrogen and oxygen atoms in total. The highest BCUT2D eigenvalue weighted by Gasteiger charge is 2.18. The van der Waals surface area contributed by atoms with Gasteiger partial charge in [-0.1, -0.05) is 42.5 Å². The molecule has 1 aromatic heterocycles. The molecule has 2 aromatic carbocycles. The van der Waals surface area contributed by atoms with Crippen LogP contribution >= 0.6 is 0 Å². The third-order valence-corrected chi connectivity index (χ3v) is 4.61. The van der Waals surface area contributed by atoms with Crippen LogP contribution in [0.5, 0.6) is 0 Å². The molecule has 0 aliphatic carbocycles. The SMILES string of the molecule is Nc1n[nH]c2cccc(-c3ccc(C4=CCCN(C(=O)O)C4)cc3)c12. The summed E-state index contributed by atoms with van der Waals surface area (Å²) in [5.41, 5.74) is 11.1.